The minimum Gasteiger partial charge on any atom is -0.392 e. The number of benzene rings is 2. The summed E-state index contributed by atoms with van der Waals surface area (Å²) in [4.78, 5) is 2.30. The van der Waals surface area contributed by atoms with Gasteiger partial charge in [0.15, 0.2) is 0 Å². The topological polar surface area (TPSA) is 20.2 Å². The van der Waals surface area contributed by atoms with Gasteiger partial charge in [0.1, 0.15) is 0 Å². The van der Waals surface area contributed by atoms with Crippen molar-refractivity contribution in [2.45, 2.75) is 29.8 Å². The zero-order valence-corrected chi connectivity index (χ0v) is 12.1. The van der Waals surface area contributed by atoms with E-state index in [2.05, 4.69) is 30.8 Å². The number of hydrogen-bond acceptors (Lipinski definition) is 2. The SMILES string of the molecule is C=C1Sc2ccccc2[C@@H]1[C@H](O)CCc1ccccc1. The fourth-order valence-corrected chi connectivity index (χ4v) is 3.91. The molecule has 2 aromatic carbocycles. The highest BCUT2D eigenvalue weighted by Gasteiger charge is 2.31. The molecule has 2 atom stereocenters. The van der Waals surface area contributed by atoms with E-state index in [1.165, 1.54) is 16.0 Å². The summed E-state index contributed by atoms with van der Waals surface area (Å²) < 4.78 is 0. The molecule has 20 heavy (non-hydrogen) atoms. The summed E-state index contributed by atoms with van der Waals surface area (Å²) in [5.74, 6) is 0.0694. The normalized spacial score (nSPS) is 18.9. The molecular weight excluding hydrogens is 264 g/mol. The lowest BCUT2D eigenvalue weighted by atomic mass is 9.90. The Hall–Kier alpha value is -1.51. The molecule has 102 valence electrons. The Bertz CT molecular complexity index is 606. The van der Waals surface area contributed by atoms with Gasteiger partial charge in [0.2, 0.25) is 0 Å². The van der Waals surface area contributed by atoms with Gasteiger partial charge in [-0.05, 0) is 34.9 Å². The summed E-state index contributed by atoms with van der Waals surface area (Å²) in [5, 5.41) is 10.6. The van der Waals surface area contributed by atoms with E-state index in [9.17, 15) is 5.11 Å². The Labute approximate surface area is 124 Å². The van der Waals surface area contributed by atoms with E-state index in [0.29, 0.717) is 0 Å². The van der Waals surface area contributed by atoms with Crippen LogP contribution in [0, 0.1) is 0 Å². The van der Waals surface area contributed by atoms with E-state index < -0.39 is 0 Å². The van der Waals surface area contributed by atoms with Crippen LogP contribution in [0.3, 0.4) is 0 Å². The van der Waals surface area contributed by atoms with Crippen LogP contribution >= 0.6 is 11.8 Å². The summed E-state index contributed by atoms with van der Waals surface area (Å²) in [6.07, 6.45) is 1.31. The number of rotatable bonds is 4. The summed E-state index contributed by atoms with van der Waals surface area (Å²) in [6.45, 7) is 4.13. The predicted molar refractivity (Wildman–Crippen MR) is 84.9 cm³/mol. The molecule has 0 saturated heterocycles. The lowest BCUT2D eigenvalue weighted by Crippen LogP contribution is -2.18. The number of hydrogen-bond donors (Lipinski definition) is 1. The van der Waals surface area contributed by atoms with Gasteiger partial charge < -0.3 is 5.11 Å². The van der Waals surface area contributed by atoms with Crippen LogP contribution in [0.2, 0.25) is 0 Å². The predicted octanol–water partition coefficient (Wildman–Crippen LogP) is 4.38. The van der Waals surface area contributed by atoms with Crippen LogP contribution in [0.15, 0.2) is 71.0 Å². The second-order valence-corrected chi connectivity index (χ2v) is 6.34. The molecule has 1 nitrogen and oxygen atoms in total. The zero-order valence-electron chi connectivity index (χ0n) is 11.3. The molecule has 3 rings (SSSR count). The fourth-order valence-electron chi connectivity index (χ4n) is 2.76. The summed E-state index contributed by atoms with van der Waals surface area (Å²) in [5.41, 5.74) is 2.50. The number of aliphatic hydroxyl groups is 1. The molecule has 0 unspecified atom stereocenters. The Kier molecular flexibility index (Phi) is 3.95. The second kappa shape index (κ2) is 5.86. The van der Waals surface area contributed by atoms with Crippen molar-refractivity contribution in [3.63, 3.8) is 0 Å². The van der Waals surface area contributed by atoms with E-state index in [-0.39, 0.29) is 12.0 Å². The van der Waals surface area contributed by atoms with Crippen molar-refractivity contribution in [1.29, 1.82) is 0 Å². The molecule has 0 spiro atoms. The Morgan fingerprint density at radius 1 is 1.05 bits per heavy atom. The Morgan fingerprint density at radius 3 is 2.55 bits per heavy atom. The second-order valence-electron chi connectivity index (χ2n) is 5.18. The first-order chi connectivity index (χ1) is 9.75. The highest BCUT2D eigenvalue weighted by molar-refractivity contribution is 8.03. The quantitative estimate of drug-likeness (QED) is 0.898. The standard InChI is InChI=1S/C18H18OS/c1-13-18(15-9-5-6-10-17(15)20-13)16(19)12-11-14-7-3-2-4-8-14/h2-10,16,18-19H,1,11-12H2/t16-,18-/m1/s1. The molecule has 1 heterocycles. The molecule has 0 fully saturated rings. The van der Waals surface area contributed by atoms with Crippen LogP contribution in [0.5, 0.6) is 0 Å². The van der Waals surface area contributed by atoms with Crippen LogP contribution < -0.4 is 0 Å². The number of aryl methyl sites for hydroxylation is 1. The number of thioether (sulfide) groups is 1. The maximum absolute atomic E-state index is 10.6. The van der Waals surface area contributed by atoms with Crippen molar-refractivity contribution in [2.75, 3.05) is 0 Å². The lowest BCUT2D eigenvalue weighted by molar-refractivity contribution is 0.148. The number of aliphatic hydroxyl groups excluding tert-OH is 1. The van der Waals surface area contributed by atoms with Crippen molar-refractivity contribution < 1.29 is 5.11 Å². The average Bonchev–Trinajstić information content (AvgIpc) is 2.82. The van der Waals surface area contributed by atoms with E-state index in [1.54, 1.807) is 11.8 Å². The van der Waals surface area contributed by atoms with Crippen LogP contribution in [0.1, 0.15) is 23.5 Å². The lowest BCUT2D eigenvalue weighted by Gasteiger charge is -2.19. The first kappa shape index (κ1) is 13.5. The van der Waals surface area contributed by atoms with Crippen molar-refractivity contribution in [1.82, 2.24) is 0 Å². The molecule has 2 aromatic rings. The van der Waals surface area contributed by atoms with Gasteiger partial charge in [-0.3, -0.25) is 0 Å². The van der Waals surface area contributed by atoms with Crippen molar-refractivity contribution in [3.8, 4) is 0 Å². The van der Waals surface area contributed by atoms with Crippen molar-refractivity contribution in [2.24, 2.45) is 0 Å². The smallest absolute Gasteiger partial charge is 0.0657 e. The molecule has 0 bridgehead atoms. The van der Waals surface area contributed by atoms with Gasteiger partial charge in [-0.15, -0.1) is 0 Å². The van der Waals surface area contributed by atoms with Crippen LogP contribution in [0.4, 0.5) is 0 Å². The van der Waals surface area contributed by atoms with Gasteiger partial charge in [0, 0.05) is 10.8 Å². The molecule has 1 aliphatic heterocycles. The Balaban J connectivity index is 1.71. The third-order valence-electron chi connectivity index (χ3n) is 3.80. The zero-order chi connectivity index (χ0) is 13.9. The minimum absolute atomic E-state index is 0.0694. The third-order valence-corrected chi connectivity index (χ3v) is 4.91. The molecule has 0 aromatic heterocycles. The molecule has 0 amide bonds. The monoisotopic (exact) mass is 282 g/mol. The summed E-state index contributed by atoms with van der Waals surface area (Å²) in [6, 6.07) is 18.6. The van der Waals surface area contributed by atoms with E-state index >= 15 is 0 Å². The van der Waals surface area contributed by atoms with Crippen LogP contribution in [-0.4, -0.2) is 11.2 Å². The van der Waals surface area contributed by atoms with E-state index in [4.69, 9.17) is 0 Å². The first-order valence-corrected chi connectivity index (χ1v) is 7.75. The largest absolute Gasteiger partial charge is 0.392 e. The van der Waals surface area contributed by atoms with Crippen molar-refractivity contribution >= 4 is 11.8 Å². The first-order valence-electron chi connectivity index (χ1n) is 6.93. The molecule has 1 aliphatic rings. The van der Waals surface area contributed by atoms with Crippen LogP contribution in [-0.2, 0) is 6.42 Å². The van der Waals surface area contributed by atoms with E-state index in [0.717, 1.165) is 17.7 Å². The van der Waals surface area contributed by atoms with E-state index in [1.807, 2.05) is 30.3 Å². The van der Waals surface area contributed by atoms with Gasteiger partial charge in [0.05, 0.1) is 6.10 Å². The Morgan fingerprint density at radius 2 is 1.75 bits per heavy atom. The summed E-state index contributed by atoms with van der Waals surface area (Å²) >= 11 is 1.69. The highest BCUT2D eigenvalue weighted by Crippen LogP contribution is 2.49. The van der Waals surface area contributed by atoms with Gasteiger partial charge >= 0.3 is 0 Å². The van der Waals surface area contributed by atoms with Gasteiger partial charge in [-0.2, -0.15) is 0 Å². The fraction of sp³-hybridized carbons (Fsp3) is 0.222. The molecule has 0 saturated carbocycles. The van der Waals surface area contributed by atoms with Gasteiger partial charge in [-0.1, -0.05) is 66.9 Å². The highest BCUT2D eigenvalue weighted by atomic mass is 32.2. The molecule has 1 N–H and O–H groups in total. The maximum Gasteiger partial charge on any atom is 0.0657 e. The van der Waals surface area contributed by atoms with Gasteiger partial charge in [-0.25, -0.2) is 0 Å². The maximum atomic E-state index is 10.6. The molecule has 0 aliphatic carbocycles. The van der Waals surface area contributed by atoms with Crippen molar-refractivity contribution in [3.05, 3.63) is 77.2 Å². The van der Waals surface area contributed by atoms with Crippen LogP contribution in [0.25, 0.3) is 0 Å². The number of fused-ring (bicyclic) bond motifs is 1. The summed E-state index contributed by atoms with van der Waals surface area (Å²) in [7, 11) is 0. The van der Waals surface area contributed by atoms with Gasteiger partial charge in [0.25, 0.3) is 0 Å². The third kappa shape index (κ3) is 2.67. The molecule has 2 heteroatoms. The molecule has 0 radical (unpaired) electrons. The molecular formula is C18H18OS. The minimum atomic E-state index is -0.362. The average molecular weight is 282 g/mol.